The van der Waals surface area contributed by atoms with E-state index in [2.05, 4.69) is 27.0 Å². The van der Waals surface area contributed by atoms with Gasteiger partial charge in [-0.15, -0.1) is 11.3 Å². The molecule has 0 aliphatic rings. The fraction of sp³-hybridized carbons (Fsp3) is 0. The third-order valence-electron chi connectivity index (χ3n) is 4.80. The Morgan fingerprint density at radius 2 is 1.91 bits per heavy atom. The van der Waals surface area contributed by atoms with Crippen LogP contribution in [0.1, 0.15) is 10.8 Å². The Morgan fingerprint density at radius 3 is 2.72 bits per heavy atom. The summed E-state index contributed by atoms with van der Waals surface area (Å²) in [5.74, 6) is 1.26. The van der Waals surface area contributed by atoms with Gasteiger partial charge in [-0.3, -0.25) is 0 Å². The fourth-order valence-electron chi connectivity index (χ4n) is 3.27. The van der Waals surface area contributed by atoms with Crippen molar-refractivity contribution in [1.29, 1.82) is 5.26 Å². The van der Waals surface area contributed by atoms with Crippen LogP contribution in [0, 0.1) is 11.3 Å². The van der Waals surface area contributed by atoms with Crippen LogP contribution in [0.25, 0.3) is 45.2 Å². The molecule has 0 bridgehead atoms. The van der Waals surface area contributed by atoms with Crippen molar-refractivity contribution in [2.75, 3.05) is 0 Å². The normalized spacial score (nSPS) is 11.6. The lowest BCUT2D eigenvalue weighted by Gasteiger charge is -2.00. The van der Waals surface area contributed by atoms with E-state index >= 15 is 0 Å². The summed E-state index contributed by atoms with van der Waals surface area (Å²) in [4.78, 5) is 17.0. The van der Waals surface area contributed by atoms with Crippen molar-refractivity contribution >= 4 is 49.9 Å². The molecule has 0 aliphatic carbocycles. The fourth-order valence-corrected chi connectivity index (χ4v) is 4.43. The molecule has 5 nitrogen and oxygen atoms in total. The van der Waals surface area contributed by atoms with Gasteiger partial charge in [-0.2, -0.15) is 5.26 Å². The Balaban J connectivity index is 1.49. The van der Waals surface area contributed by atoms with Gasteiger partial charge in [0.2, 0.25) is 0 Å². The Hall–Kier alpha value is -3.73. The largest absolute Gasteiger partial charge is 0.457 e. The standard InChI is InChI=1S/C25H13BrN2O3S/c26-18-6-8-23-16(10-18)12-20(25(29)31-23)21-14-32-24(28-21)17(13-27)11-19-7-9-22(30-19)15-4-2-1-3-5-15/h1-12,14H. The number of rotatable bonds is 4. The smallest absolute Gasteiger partial charge is 0.345 e. The van der Waals surface area contributed by atoms with Crippen LogP contribution in [0.3, 0.4) is 0 Å². The van der Waals surface area contributed by atoms with Gasteiger partial charge in [0.1, 0.15) is 28.2 Å². The van der Waals surface area contributed by atoms with E-state index in [1.807, 2.05) is 54.6 Å². The predicted molar refractivity (Wildman–Crippen MR) is 129 cm³/mol. The summed E-state index contributed by atoms with van der Waals surface area (Å²) >= 11 is 4.71. The topological polar surface area (TPSA) is 80.0 Å². The number of halogens is 1. The van der Waals surface area contributed by atoms with Gasteiger partial charge in [0.15, 0.2) is 0 Å². The second kappa shape index (κ2) is 8.42. The van der Waals surface area contributed by atoms with Gasteiger partial charge in [-0.1, -0.05) is 46.3 Å². The highest BCUT2D eigenvalue weighted by Crippen LogP contribution is 2.29. The van der Waals surface area contributed by atoms with Crippen molar-refractivity contribution in [3.05, 3.63) is 97.8 Å². The van der Waals surface area contributed by atoms with E-state index in [0.29, 0.717) is 38.9 Å². The van der Waals surface area contributed by atoms with Crippen LogP contribution in [-0.4, -0.2) is 4.98 Å². The summed E-state index contributed by atoms with van der Waals surface area (Å²) in [7, 11) is 0. The minimum atomic E-state index is -0.474. The van der Waals surface area contributed by atoms with Gasteiger partial charge >= 0.3 is 5.63 Å². The summed E-state index contributed by atoms with van der Waals surface area (Å²) in [5, 5.41) is 12.7. The predicted octanol–water partition coefficient (Wildman–Crippen LogP) is 7.00. The molecule has 5 aromatic rings. The molecule has 0 saturated heterocycles. The molecule has 0 aliphatic heterocycles. The van der Waals surface area contributed by atoms with Gasteiger partial charge in [0, 0.05) is 26.9 Å². The Kier molecular flexibility index (Phi) is 5.31. The maximum atomic E-state index is 12.5. The molecule has 0 fully saturated rings. The number of fused-ring (bicyclic) bond motifs is 1. The summed E-state index contributed by atoms with van der Waals surface area (Å²) in [5.41, 5.74) is 2.14. The molecule has 0 unspecified atom stereocenters. The first kappa shape index (κ1) is 20.2. The second-order valence-electron chi connectivity index (χ2n) is 6.91. The highest BCUT2D eigenvalue weighted by Gasteiger charge is 2.15. The van der Waals surface area contributed by atoms with E-state index in [4.69, 9.17) is 8.83 Å². The van der Waals surface area contributed by atoms with Crippen LogP contribution in [0.4, 0.5) is 0 Å². The molecule has 5 rings (SSSR count). The van der Waals surface area contributed by atoms with Crippen molar-refractivity contribution in [2.45, 2.75) is 0 Å². The quantitative estimate of drug-likeness (QED) is 0.196. The Labute approximate surface area is 195 Å². The van der Waals surface area contributed by atoms with Crippen molar-refractivity contribution in [3.63, 3.8) is 0 Å². The molecule has 2 aromatic carbocycles. The van der Waals surface area contributed by atoms with Gasteiger partial charge in [-0.05, 0) is 36.4 Å². The van der Waals surface area contributed by atoms with Gasteiger partial charge < -0.3 is 8.83 Å². The average molecular weight is 501 g/mol. The number of nitrogens with zero attached hydrogens (tertiary/aromatic N) is 2. The van der Waals surface area contributed by atoms with Crippen molar-refractivity contribution in [1.82, 2.24) is 4.98 Å². The molecule has 0 spiro atoms. The lowest BCUT2D eigenvalue weighted by Crippen LogP contribution is -2.02. The van der Waals surface area contributed by atoms with Crippen LogP contribution in [0.2, 0.25) is 0 Å². The van der Waals surface area contributed by atoms with Gasteiger partial charge in [-0.25, -0.2) is 9.78 Å². The number of hydrogen-bond donors (Lipinski definition) is 0. The molecule has 0 N–H and O–H groups in total. The lowest BCUT2D eigenvalue weighted by molar-refractivity contribution is 0.563. The number of aromatic nitrogens is 1. The molecular formula is C25H13BrN2O3S. The van der Waals surface area contributed by atoms with E-state index in [1.54, 1.807) is 23.6 Å². The minimum Gasteiger partial charge on any atom is -0.457 e. The molecule has 0 radical (unpaired) electrons. The maximum Gasteiger partial charge on any atom is 0.345 e. The van der Waals surface area contributed by atoms with Crippen LogP contribution in [0.5, 0.6) is 0 Å². The summed E-state index contributed by atoms with van der Waals surface area (Å²) in [6.45, 7) is 0. The minimum absolute atomic E-state index is 0.347. The molecule has 3 heterocycles. The lowest BCUT2D eigenvalue weighted by atomic mass is 10.1. The zero-order chi connectivity index (χ0) is 22.1. The van der Waals surface area contributed by atoms with Gasteiger partial charge in [0.05, 0.1) is 16.8 Å². The second-order valence-corrected chi connectivity index (χ2v) is 8.68. The van der Waals surface area contributed by atoms with E-state index in [9.17, 15) is 10.1 Å². The first-order valence-corrected chi connectivity index (χ1v) is 11.2. The molecule has 32 heavy (non-hydrogen) atoms. The number of hydrogen-bond acceptors (Lipinski definition) is 6. The van der Waals surface area contributed by atoms with Gasteiger partial charge in [0.25, 0.3) is 0 Å². The van der Waals surface area contributed by atoms with Crippen LogP contribution < -0.4 is 5.63 Å². The van der Waals surface area contributed by atoms with Crippen molar-refractivity contribution in [2.24, 2.45) is 0 Å². The SMILES string of the molecule is N#CC(=Cc1ccc(-c2ccccc2)o1)c1nc(-c2cc3cc(Br)ccc3oc2=O)cs1. The highest BCUT2D eigenvalue weighted by atomic mass is 79.9. The number of furan rings is 1. The summed E-state index contributed by atoms with van der Waals surface area (Å²) in [6.07, 6.45) is 1.65. The highest BCUT2D eigenvalue weighted by molar-refractivity contribution is 9.10. The molecule has 154 valence electrons. The van der Waals surface area contributed by atoms with Crippen LogP contribution >= 0.6 is 27.3 Å². The molecule has 0 atom stereocenters. The molecule has 0 amide bonds. The van der Waals surface area contributed by atoms with Crippen LogP contribution in [0.15, 0.2) is 90.2 Å². The zero-order valence-corrected chi connectivity index (χ0v) is 18.8. The van der Waals surface area contributed by atoms with Crippen molar-refractivity contribution in [3.8, 4) is 28.7 Å². The maximum absolute atomic E-state index is 12.5. The van der Waals surface area contributed by atoms with Crippen LogP contribution in [-0.2, 0) is 0 Å². The number of nitriles is 1. The van der Waals surface area contributed by atoms with E-state index in [-0.39, 0.29) is 0 Å². The first-order valence-electron chi connectivity index (χ1n) is 9.57. The third-order valence-corrected chi connectivity index (χ3v) is 6.17. The zero-order valence-electron chi connectivity index (χ0n) is 16.4. The van der Waals surface area contributed by atoms with E-state index in [1.165, 1.54) is 11.3 Å². The third kappa shape index (κ3) is 3.94. The first-order chi connectivity index (χ1) is 15.6. The number of thiazole rings is 1. The average Bonchev–Trinajstić information content (AvgIpc) is 3.48. The number of allylic oxidation sites excluding steroid dienone is 1. The van der Waals surface area contributed by atoms with Crippen molar-refractivity contribution < 1.29 is 8.83 Å². The summed E-state index contributed by atoms with van der Waals surface area (Å²) < 4.78 is 12.2. The summed E-state index contributed by atoms with van der Waals surface area (Å²) in [6, 6.07) is 22.7. The Morgan fingerprint density at radius 1 is 1.06 bits per heavy atom. The monoisotopic (exact) mass is 500 g/mol. The van der Waals surface area contributed by atoms with E-state index in [0.717, 1.165) is 15.4 Å². The molecular weight excluding hydrogens is 488 g/mol. The Bertz CT molecular complexity index is 1570. The number of benzene rings is 2. The molecule has 7 heteroatoms. The molecule has 3 aromatic heterocycles. The molecule has 0 saturated carbocycles. The van der Waals surface area contributed by atoms with E-state index < -0.39 is 5.63 Å².